The molecule has 0 radical (unpaired) electrons. The van der Waals surface area contributed by atoms with Crippen LogP contribution in [0.4, 0.5) is 5.69 Å². The molecule has 1 aromatic rings. The number of carbonyl (C=O) groups excluding carboxylic acids is 1. The van der Waals surface area contributed by atoms with Gasteiger partial charge in [-0.2, -0.15) is 0 Å². The SMILES string of the molecule is CCC(C)(C)[C@H]1CCC(=O)/C(=C/Nc2ccc(Br)cc2)C1. The first-order chi connectivity index (χ1) is 9.92. The summed E-state index contributed by atoms with van der Waals surface area (Å²) in [6.07, 6.45) is 5.66. The predicted octanol–water partition coefficient (Wildman–Crippen LogP) is 5.55. The largest absolute Gasteiger partial charge is 0.361 e. The zero-order valence-electron chi connectivity index (χ0n) is 13.1. The van der Waals surface area contributed by atoms with Crippen molar-refractivity contribution in [1.29, 1.82) is 0 Å². The van der Waals surface area contributed by atoms with Crippen molar-refractivity contribution in [3.8, 4) is 0 Å². The maximum absolute atomic E-state index is 12.1. The van der Waals surface area contributed by atoms with Crippen LogP contribution in [0.5, 0.6) is 0 Å². The molecule has 2 rings (SSSR count). The molecule has 0 amide bonds. The molecule has 0 aliphatic heterocycles. The lowest BCUT2D eigenvalue weighted by Crippen LogP contribution is -2.29. The summed E-state index contributed by atoms with van der Waals surface area (Å²) in [4.78, 5) is 12.1. The van der Waals surface area contributed by atoms with Gasteiger partial charge < -0.3 is 5.32 Å². The number of anilines is 1. The highest BCUT2D eigenvalue weighted by Crippen LogP contribution is 2.41. The van der Waals surface area contributed by atoms with Gasteiger partial charge >= 0.3 is 0 Å². The fourth-order valence-corrected chi connectivity index (χ4v) is 3.02. The number of benzene rings is 1. The molecule has 0 unspecified atom stereocenters. The highest BCUT2D eigenvalue weighted by molar-refractivity contribution is 9.10. The first-order valence-electron chi connectivity index (χ1n) is 7.66. The van der Waals surface area contributed by atoms with E-state index in [1.54, 1.807) is 0 Å². The fraction of sp³-hybridized carbons (Fsp3) is 0.500. The van der Waals surface area contributed by atoms with Crippen molar-refractivity contribution < 1.29 is 4.79 Å². The number of hydrogen-bond donors (Lipinski definition) is 1. The lowest BCUT2D eigenvalue weighted by molar-refractivity contribution is -0.117. The number of carbonyl (C=O) groups is 1. The van der Waals surface area contributed by atoms with Crippen molar-refractivity contribution in [2.75, 3.05) is 5.32 Å². The van der Waals surface area contributed by atoms with Crippen LogP contribution in [0, 0.1) is 11.3 Å². The molecule has 0 aromatic heterocycles. The molecule has 114 valence electrons. The third-order valence-electron chi connectivity index (χ3n) is 4.82. The topological polar surface area (TPSA) is 29.1 Å². The lowest BCUT2D eigenvalue weighted by Gasteiger charge is -2.36. The summed E-state index contributed by atoms with van der Waals surface area (Å²) in [6.45, 7) is 6.86. The van der Waals surface area contributed by atoms with Crippen molar-refractivity contribution in [2.45, 2.75) is 46.5 Å². The average molecular weight is 350 g/mol. The average Bonchev–Trinajstić information content (AvgIpc) is 2.48. The molecular formula is C18H24BrNO. The van der Waals surface area contributed by atoms with Gasteiger partial charge in [-0.1, -0.05) is 43.1 Å². The Morgan fingerprint density at radius 1 is 1.33 bits per heavy atom. The van der Waals surface area contributed by atoms with Crippen molar-refractivity contribution in [3.05, 3.63) is 40.5 Å². The third-order valence-corrected chi connectivity index (χ3v) is 5.35. The Labute approximate surface area is 136 Å². The quantitative estimate of drug-likeness (QED) is 0.721. The van der Waals surface area contributed by atoms with Crippen LogP contribution in [0.1, 0.15) is 46.5 Å². The Kier molecular flexibility index (Phi) is 5.26. The molecule has 0 saturated heterocycles. The fourth-order valence-electron chi connectivity index (χ4n) is 2.76. The second-order valence-electron chi connectivity index (χ2n) is 6.53. The lowest BCUT2D eigenvalue weighted by atomic mass is 9.68. The van der Waals surface area contributed by atoms with Crippen LogP contribution in [-0.2, 0) is 4.79 Å². The van der Waals surface area contributed by atoms with Gasteiger partial charge in [0.15, 0.2) is 5.78 Å². The maximum Gasteiger partial charge on any atom is 0.160 e. The number of ketones is 1. The number of rotatable bonds is 4. The third kappa shape index (κ3) is 4.19. The van der Waals surface area contributed by atoms with E-state index < -0.39 is 0 Å². The maximum atomic E-state index is 12.1. The van der Waals surface area contributed by atoms with Gasteiger partial charge in [0.2, 0.25) is 0 Å². The molecule has 1 fully saturated rings. The summed E-state index contributed by atoms with van der Waals surface area (Å²) in [6, 6.07) is 7.99. The molecule has 1 aliphatic carbocycles. The number of hydrogen-bond acceptors (Lipinski definition) is 2. The molecule has 2 nitrogen and oxygen atoms in total. The first-order valence-corrected chi connectivity index (χ1v) is 8.46. The number of halogens is 1. The van der Waals surface area contributed by atoms with Gasteiger partial charge in [0.25, 0.3) is 0 Å². The van der Waals surface area contributed by atoms with Gasteiger partial charge in [0.1, 0.15) is 0 Å². The molecule has 1 saturated carbocycles. The smallest absolute Gasteiger partial charge is 0.160 e. The van der Waals surface area contributed by atoms with Crippen LogP contribution in [-0.4, -0.2) is 5.78 Å². The molecule has 0 spiro atoms. The van der Waals surface area contributed by atoms with E-state index in [4.69, 9.17) is 0 Å². The zero-order valence-corrected chi connectivity index (χ0v) is 14.7. The van der Waals surface area contributed by atoms with E-state index in [1.807, 2.05) is 30.5 Å². The van der Waals surface area contributed by atoms with Gasteiger partial charge in [-0.05, 0) is 48.4 Å². The van der Waals surface area contributed by atoms with Crippen LogP contribution in [0.2, 0.25) is 0 Å². The van der Waals surface area contributed by atoms with Crippen molar-refractivity contribution >= 4 is 27.4 Å². The van der Waals surface area contributed by atoms with Crippen LogP contribution >= 0.6 is 15.9 Å². The van der Waals surface area contributed by atoms with Crippen LogP contribution in [0.3, 0.4) is 0 Å². The van der Waals surface area contributed by atoms with E-state index in [2.05, 4.69) is 42.0 Å². The van der Waals surface area contributed by atoms with Crippen molar-refractivity contribution in [3.63, 3.8) is 0 Å². The molecule has 1 aliphatic rings. The van der Waals surface area contributed by atoms with E-state index in [1.165, 1.54) is 0 Å². The summed E-state index contributed by atoms with van der Waals surface area (Å²) in [7, 11) is 0. The molecule has 1 aromatic carbocycles. The molecular weight excluding hydrogens is 326 g/mol. The van der Waals surface area contributed by atoms with Crippen LogP contribution in [0.25, 0.3) is 0 Å². The van der Waals surface area contributed by atoms with Crippen LogP contribution in [0.15, 0.2) is 40.5 Å². The van der Waals surface area contributed by atoms with Crippen molar-refractivity contribution in [1.82, 2.24) is 0 Å². The Bertz CT molecular complexity index is 531. The number of Topliss-reactive ketones (excluding diaryl/α,β-unsaturated/α-hetero) is 1. The van der Waals surface area contributed by atoms with Gasteiger partial charge in [0.05, 0.1) is 0 Å². The Morgan fingerprint density at radius 2 is 2.00 bits per heavy atom. The van der Waals surface area contributed by atoms with Gasteiger partial charge in [-0.15, -0.1) is 0 Å². The number of allylic oxidation sites excluding steroid dienone is 1. The Morgan fingerprint density at radius 3 is 2.62 bits per heavy atom. The monoisotopic (exact) mass is 349 g/mol. The zero-order chi connectivity index (χ0) is 15.5. The molecule has 1 N–H and O–H groups in total. The van der Waals surface area contributed by atoms with Gasteiger partial charge in [0, 0.05) is 28.4 Å². The van der Waals surface area contributed by atoms with E-state index in [0.717, 1.165) is 35.0 Å². The Balaban J connectivity index is 2.07. The molecule has 0 heterocycles. The summed E-state index contributed by atoms with van der Waals surface area (Å²) in [5.41, 5.74) is 2.25. The molecule has 3 heteroatoms. The molecule has 0 bridgehead atoms. The van der Waals surface area contributed by atoms with Crippen LogP contribution < -0.4 is 5.32 Å². The predicted molar refractivity (Wildman–Crippen MR) is 92.3 cm³/mol. The van der Waals surface area contributed by atoms with Gasteiger partial charge in [-0.3, -0.25) is 4.79 Å². The second kappa shape index (κ2) is 6.78. The normalized spacial score (nSPS) is 21.6. The number of nitrogens with one attached hydrogen (secondary N) is 1. The van der Waals surface area contributed by atoms with Gasteiger partial charge in [-0.25, -0.2) is 0 Å². The summed E-state index contributed by atoms with van der Waals surface area (Å²) >= 11 is 3.42. The summed E-state index contributed by atoms with van der Waals surface area (Å²) < 4.78 is 1.05. The Hall–Kier alpha value is -1.09. The highest BCUT2D eigenvalue weighted by atomic mass is 79.9. The molecule has 1 atom stereocenters. The minimum absolute atomic E-state index is 0.294. The van der Waals surface area contributed by atoms with E-state index in [0.29, 0.717) is 23.5 Å². The summed E-state index contributed by atoms with van der Waals surface area (Å²) in [5.74, 6) is 0.890. The molecule has 21 heavy (non-hydrogen) atoms. The minimum Gasteiger partial charge on any atom is -0.361 e. The standard InChI is InChI=1S/C18H24BrNO/c1-4-18(2,3)14-5-10-17(21)13(11-14)12-20-16-8-6-15(19)7-9-16/h6-9,12,14,20H,4-5,10-11H2,1-3H3/b13-12+/t14-/m0/s1. The van der Waals surface area contributed by atoms with E-state index >= 15 is 0 Å². The summed E-state index contributed by atoms with van der Waals surface area (Å²) in [5, 5.41) is 3.26. The second-order valence-corrected chi connectivity index (χ2v) is 7.44. The van der Waals surface area contributed by atoms with E-state index in [9.17, 15) is 4.79 Å². The van der Waals surface area contributed by atoms with Crippen molar-refractivity contribution in [2.24, 2.45) is 11.3 Å². The first kappa shape index (κ1) is 16.3. The minimum atomic E-state index is 0.294. The highest BCUT2D eigenvalue weighted by Gasteiger charge is 2.33. The van der Waals surface area contributed by atoms with E-state index in [-0.39, 0.29) is 0 Å².